The molecule has 0 saturated heterocycles. The van der Waals surface area contributed by atoms with Gasteiger partial charge in [-0.15, -0.1) is 0 Å². The summed E-state index contributed by atoms with van der Waals surface area (Å²) >= 11 is 0. The number of rotatable bonds is 12. The second-order valence-corrected chi connectivity index (χ2v) is 12.2. The Morgan fingerprint density at radius 3 is 2.51 bits per heavy atom. The van der Waals surface area contributed by atoms with Gasteiger partial charge in [0.25, 0.3) is 11.8 Å². The fourth-order valence-electron chi connectivity index (χ4n) is 5.38. The molecule has 1 aliphatic heterocycles. The molecule has 2 aromatic rings. The van der Waals surface area contributed by atoms with E-state index in [0.29, 0.717) is 35.9 Å². The number of aliphatic imine (C=N–C) groups is 1. The number of aliphatic hydroxyl groups is 1. The molecule has 2 heterocycles. The van der Waals surface area contributed by atoms with E-state index >= 15 is 0 Å². The quantitative estimate of drug-likeness (QED) is 0.143. The number of methoxy groups -OCH3 is 1. The lowest BCUT2D eigenvalue weighted by Crippen LogP contribution is -2.35. The number of nitrogens with zero attached hydrogens (tertiary/aromatic N) is 3. The lowest BCUT2D eigenvalue weighted by molar-refractivity contribution is -0.126. The van der Waals surface area contributed by atoms with Crippen LogP contribution in [0.3, 0.4) is 0 Å². The van der Waals surface area contributed by atoms with Gasteiger partial charge < -0.3 is 36.4 Å². The molecule has 5 rings (SSSR count). The molecule has 12 heteroatoms. The Morgan fingerprint density at radius 2 is 1.94 bits per heavy atom. The number of dihydropyridines is 1. The van der Waals surface area contributed by atoms with E-state index in [0.717, 1.165) is 64.9 Å². The van der Waals surface area contributed by atoms with Gasteiger partial charge in [-0.05, 0) is 93.0 Å². The fourth-order valence-corrected chi connectivity index (χ4v) is 5.38. The minimum atomic E-state index is -0.232. The largest absolute Gasteiger partial charge is 0.494 e. The van der Waals surface area contributed by atoms with Crippen LogP contribution in [-0.4, -0.2) is 72.7 Å². The summed E-state index contributed by atoms with van der Waals surface area (Å²) in [6.07, 6.45) is 10.5. The number of aryl methyl sites for hydroxylation is 2. The van der Waals surface area contributed by atoms with Crippen LogP contribution in [0.4, 0.5) is 5.69 Å². The van der Waals surface area contributed by atoms with Crippen molar-refractivity contribution in [1.82, 2.24) is 20.5 Å². The second-order valence-electron chi connectivity index (χ2n) is 12.2. The number of pyridine rings is 1. The maximum absolute atomic E-state index is 13.2. The molecular weight excluding hydrogens is 620 g/mol. The third-order valence-corrected chi connectivity index (χ3v) is 8.11. The topological polar surface area (TPSA) is 178 Å². The lowest BCUT2D eigenvalue weighted by atomic mass is 9.95. The third kappa shape index (κ3) is 9.66. The Kier molecular flexibility index (Phi) is 12.5. The van der Waals surface area contributed by atoms with Gasteiger partial charge in [0.1, 0.15) is 23.0 Å². The molecule has 0 bridgehead atoms. The van der Waals surface area contributed by atoms with Crippen LogP contribution in [0.25, 0.3) is 5.57 Å². The van der Waals surface area contributed by atoms with E-state index < -0.39 is 0 Å². The Morgan fingerprint density at radius 1 is 1.22 bits per heavy atom. The van der Waals surface area contributed by atoms with E-state index in [4.69, 9.17) is 21.0 Å². The number of aliphatic hydroxyl groups excluding tert-OH is 1. The first kappa shape index (κ1) is 36.6. The number of amides is 2. The van der Waals surface area contributed by atoms with Crippen molar-refractivity contribution < 1.29 is 19.4 Å². The van der Waals surface area contributed by atoms with Crippen molar-refractivity contribution in [1.29, 1.82) is 5.41 Å². The normalized spacial score (nSPS) is 15.4. The Balaban J connectivity index is 0.00000174. The highest BCUT2D eigenvalue weighted by atomic mass is 16.5. The molecule has 7 N–H and O–H groups in total. The van der Waals surface area contributed by atoms with E-state index in [9.17, 15) is 9.59 Å². The highest BCUT2D eigenvalue weighted by Crippen LogP contribution is 2.38. The summed E-state index contributed by atoms with van der Waals surface area (Å²) in [6, 6.07) is 7.76. The number of anilines is 1. The van der Waals surface area contributed by atoms with Gasteiger partial charge in [-0.3, -0.25) is 20.0 Å². The molecule has 1 aromatic carbocycles. The van der Waals surface area contributed by atoms with Crippen molar-refractivity contribution in [2.24, 2.45) is 16.6 Å². The smallest absolute Gasteiger partial charge is 0.270 e. The zero-order valence-electron chi connectivity index (χ0n) is 29.2. The molecule has 2 fully saturated rings. The van der Waals surface area contributed by atoms with Crippen molar-refractivity contribution in [3.8, 4) is 5.75 Å². The number of nitrogens with two attached hydrogens (primary N) is 1. The Hall–Kier alpha value is -5.23. The Bertz CT molecular complexity index is 1740. The molecule has 0 spiro atoms. The van der Waals surface area contributed by atoms with Crippen LogP contribution in [0.15, 0.2) is 76.3 Å². The summed E-state index contributed by atoms with van der Waals surface area (Å²) in [7, 11) is 5.15. The average molecular weight is 669 g/mol. The van der Waals surface area contributed by atoms with Crippen LogP contribution in [0.2, 0.25) is 0 Å². The maximum Gasteiger partial charge on any atom is 0.270 e. The van der Waals surface area contributed by atoms with Crippen LogP contribution < -0.4 is 26.4 Å². The van der Waals surface area contributed by atoms with Gasteiger partial charge in [0, 0.05) is 51.0 Å². The average Bonchev–Trinajstić information content (AvgIpc) is 4.00. The number of carbonyl (C=O) groups excluding carboxylic acids is 2. The molecule has 260 valence electrons. The molecule has 0 unspecified atom stereocenters. The number of hydrogen-bond acceptors (Lipinski definition) is 9. The molecule has 0 radical (unpaired) electrons. The molecule has 49 heavy (non-hydrogen) atoms. The number of allylic oxidation sites excluding steroid dienone is 3. The van der Waals surface area contributed by atoms with Crippen molar-refractivity contribution in [3.63, 3.8) is 0 Å². The molecular formula is C37H48N8O4. The molecule has 0 atom stereocenters. The monoisotopic (exact) mass is 668 g/mol. The summed E-state index contributed by atoms with van der Waals surface area (Å²) in [4.78, 5) is 35.6. The van der Waals surface area contributed by atoms with Gasteiger partial charge in [0.15, 0.2) is 0 Å². The first-order chi connectivity index (χ1) is 23.5. The molecule has 12 nitrogen and oxygen atoms in total. The molecule has 2 aliphatic carbocycles. The number of benzene rings is 1. The highest BCUT2D eigenvalue weighted by Gasteiger charge is 2.30. The first-order valence-corrected chi connectivity index (χ1v) is 16.5. The predicted octanol–water partition coefficient (Wildman–Crippen LogP) is 4.11. The predicted molar refractivity (Wildman–Crippen MR) is 194 cm³/mol. The molecule has 3 aliphatic rings. The summed E-state index contributed by atoms with van der Waals surface area (Å²) in [5.74, 6) is 0.195. The van der Waals surface area contributed by atoms with Crippen molar-refractivity contribution in [2.45, 2.75) is 53.0 Å². The van der Waals surface area contributed by atoms with Gasteiger partial charge in [-0.1, -0.05) is 12.1 Å². The van der Waals surface area contributed by atoms with Gasteiger partial charge in [0.2, 0.25) is 0 Å². The summed E-state index contributed by atoms with van der Waals surface area (Å²) in [5.41, 5.74) is 14.5. The minimum absolute atomic E-state index is 0.0383. The third-order valence-electron chi connectivity index (χ3n) is 8.11. The summed E-state index contributed by atoms with van der Waals surface area (Å²) < 4.78 is 5.96. The van der Waals surface area contributed by atoms with E-state index in [1.54, 1.807) is 45.3 Å². The summed E-state index contributed by atoms with van der Waals surface area (Å²) in [6.45, 7) is 6.74. The highest BCUT2D eigenvalue weighted by molar-refractivity contribution is 6.16. The number of likely N-dealkylation sites (N-methyl/N-ethyl adjacent to an activating group) is 1. The van der Waals surface area contributed by atoms with Gasteiger partial charge in [-0.2, -0.15) is 4.99 Å². The van der Waals surface area contributed by atoms with Crippen molar-refractivity contribution in [2.75, 3.05) is 39.7 Å². The number of ether oxygens (including phenoxy) is 1. The van der Waals surface area contributed by atoms with Crippen LogP contribution >= 0.6 is 0 Å². The SMILES string of the molecule is CCO.CNC(C(=N)/C(=C\C(N)=NC(=O)C1CC1)Nc1ccc(C)c(C2=CC=C(C(=O)N(C)Cc3cc(C)ccn3)NC2)c1OC)=C1CC1. The van der Waals surface area contributed by atoms with E-state index in [-0.39, 0.29) is 35.9 Å². The van der Waals surface area contributed by atoms with Gasteiger partial charge in [-0.25, -0.2) is 0 Å². The summed E-state index contributed by atoms with van der Waals surface area (Å²) in [5, 5.41) is 26.4. The zero-order chi connectivity index (χ0) is 35.7. The van der Waals surface area contributed by atoms with Crippen molar-refractivity contribution in [3.05, 3.63) is 93.7 Å². The Labute approximate surface area is 288 Å². The lowest BCUT2D eigenvalue weighted by Gasteiger charge is -2.25. The van der Waals surface area contributed by atoms with Crippen LogP contribution in [0.5, 0.6) is 5.75 Å². The molecule has 1 aromatic heterocycles. The number of aromatic nitrogens is 1. The molecule has 2 amide bonds. The molecule has 2 saturated carbocycles. The first-order valence-electron chi connectivity index (χ1n) is 16.5. The number of hydrogen-bond donors (Lipinski definition) is 6. The van der Waals surface area contributed by atoms with E-state index in [2.05, 4.69) is 25.9 Å². The van der Waals surface area contributed by atoms with Gasteiger partial charge in [0.05, 0.1) is 36.4 Å². The maximum atomic E-state index is 13.2. The van der Waals surface area contributed by atoms with E-state index in [1.807, 2.05) is 44.2 Å². The fraction of sp³-hybridized carbons (Fsp3) is 0.378. The number of nitrogens with one attached hydrogen (secondary N) is 4. The van der Waals surface area contributed by atoms with Gasteiger partial charge >= 0.3 is 0 Å². The number of carbonyl (C=O) groups is 2. The second kappa shape index (κ2) is 16.7. The standard InChI is InChI=1S/C35H42N8O3.C2H6O/c1-20-14-15-39-25(16-20)19-43(4)35(45)27-13-11-24(18-40-27)30-21(2)6-12-26(33(30)46-5)41-28(31(37)32(38-3)22-7-8-22)17-29(36)42-34(44)23-9-10-23;1-2-3/h6,11-17,23,37-38,40-41H,7-10,18-19H2,1-5H3,(H2,36,42,44);3H,2H2,1H3/b28-17+,37-31?;. The van der Waals surface area contributed by atoms with Crippen LogP contribution in [0, 0.1) is 25.2 Å². The van der Waals surface area contributed by atoms with Crippen molar-refractivity contribution >= 4 is 34.6 Å². The number of amidine groups is 1. The van der Waals surface area contributed by atoms with Crippen LogP contribution in [-0.2, 0) is 16.1 Å². The van der Waals surface area contributed by atoms with E-state index in [1.165, 1.54) is 6.08 Å². The minimum Gasteiger partial charge on any atom is -0.494 e. The van der Waals surface area contributed by atoms with Crippen LogP contribution in [0.1, 0.15) is 55.0 Å². The zero-order valence-corrected chi connectivity index (χ0v) is 29.2.